The van der Waals surface area contributed by atoms with Crippen LogP contribution in [-0.2, 0) is 0 Å². The van der Waals surface area contributed by atoms with Crippen LogP contribution in [0.5, 0.6) is 0 Å². The Hall–Kier alpha value is -0.120. The van der Waals surface area contributed by atoms with Crippen LogP contribution in [0.25, 0.3) is 0 Å². The fourth-order valence-corrected chi connectivity index (χ4v) is 3.43. The van der Waals surface area contributed by atoms with Crippen molar-refractivity contribution in [2.24, 2.45) is 5.73 Å². The summed E-state index contributed by atoms with van der Waals surface area (Å²) < 4.78 is 0. The van der Waals surface area contributed by atoms with Crippen LogP contribution in [-0.4, -0.2) is 42.2 Å². The molecule has 0 spiro atoms. The van der Waals surface area contributed by atoms with Crippen molar-refractivity contribution in [1.29, 1.82) is 0 Å². The molecule has 2 saturated heterocycles. The Kier molecular flexibility index (Phi) is 3.33. The number of hydrogen-bond donors (Lipinski definition) is 2. The highest BCUT2D eigenvalue weighted by Gasteiger charge is 2.46. The molecule has 3 heteroatoms. The Morgan fingerprint density at radius 2 is 2.20 bits per heavy atom. The highest BCUT2D eigenvalue weighted by atomic mass is 15.3. The maximum atomic E-state index is 6.03. The van der Waals surface area contributed by atoms with Gasteiger partial charge in [0.15, 0.2) is 0 Å². The Labute approximate surface area is 93.4 Å². The molecule has 2 aliphatic rings. The van der Waals surface area contributed by atoms with Crippen molar-refractivity contribution in [3.8, 4) is 0 Å². The molecule has 2 atom stereocenters. The zero-order valence-corrected chi connectivity index (χ0v) is 10.1. The lowest BCUT2D eigenvalue weighted by molar-refractivity contribution is 0.135. The second-order valence-corrected chi connectivity index (χ2v) is 5.46. The van der Waals surface area contributed by atoms with Gasteiger partial charge in [0.05, 0.1) is 0 Å². The third kappa shape index (κ3) is 2.05. The Balaban J connectivity index is 2.11. The van der Waals surface area contributed by atoms with E-state index in [1.54, 1.807) is 0 Å². The zero-order valence-electron chi connectivity index (χ0n) is 10.1. The topological polar surface area (TPSA) is 41.3 Å². The lowest BCUT2D eigenvalue weighted by atomic mass is 9.85. The first-order valence-corrected chi connectivity index (χ1v) is 6.40. The van der Waals surface area contributed by atoms with E-state index in [0.717, 1.165) is 6.54 Å². The molecular formula is C12H25N3. The number of rotatable bonds is 3. The maximum Gasteiger partial charge on any atom is 0.0475 e. The molecular weight excluding hydrogens is 186 g/mol. The summed E-state index contributed by atoms with van der Waals surface area (Å²) >= 11 is 0. The minimum atomic E-state index is 0.203. The first-order valence-electron chi connectivity index (χ1n) is 6.40. The van der Waals surface area contributed by atoms with E-state index in [-0.39, 0.29) is 5.54 Å². The van der Waals surface area contributed by atoms with Crippen molar-refractivity contribution < 1.29 is 0 Å². The summed E-state index contributed by atoms with van der Waals surface area (Å²) in [5.74, 6) is 0. The summed E-state index contributed by atoms with van der Waals surface area (Å²) in [6.45, 7) is 7.76. The second kappa shape index (κ2) is 4.40. The minimum absolute atomic E-state index is 0.203. The van der Waals surface area contributed by atoms with Crippen LogP contribution < -0.4 is 11.1 Å². The van der Waals surface area contributed by atoms with Crippen molar-refractivity contribution in [3.63, 3.8) is 0 Å². The maximum absolute atomic E-state index is 6.03. The molecule has 0 radical (unpaired) electrons. The van der Waals surface area contributed by atoms with E-state index < -0.39 is 0 Å². The second-order valence-electron chi connectivity index (χ2n) is 5.46. The lowest BCUT2D eigenvalue weighted by Crippen LogP contribution is -2.61. The van der Waals surface area contributed by atoms with Crippen LogP contribution in [0, 0.1) is 0 Å². The van der Waals surface area contributed by atoms with Crippen molar-refractivity contribution in [2.75, 3.05) is 19.6 Å². The average molecular weight is 211 g/mol. The first kappa shape index (κ1) is 11.4. The third-order valence-corrected chi connectivity index (χ3v) is 4.04. The molecule has 0 amide bonds. The monoisotopic (exact) mass is 211 g/mol. The van der Waals surface area contributed by atoms with Gasteiger partial charge in [0.1, 0.15) is 0 Å². The summed E-state index contributed by atoms with van der Waals surface area (Å²) in [5, 5.41) is 3.74. The van der Waals surface area contributed by atoms with Crippen molar-refractivity contribution in [2.45, 2.75) is 57.2 Å². The molecule has 15 heavy (non-hydrogen) atoms. The van der Waals surface area contributed by atoms with E-state index in [1.807, 2.05) is 0 Å². The van der Waals surface area contributed by atoms with Crippen LogP contribution in [0.3, 0.4) is 0 Å². The van der Waals surface area contributed by atoms with Crippen LogP contribution in [0.15, 0.2) is 0 Å². The first-order chi connectivity index (χ1) is 7.18. The summed E-state index contributed by atoms with van der Waals surface area (Å²) in [5.41, 5.74) is 6.24. The van der Waals surface area contributed by atoms with Crippen LogP contribution >= 0.6 is 0 Å². The van der Waals surface area contributed by atoms with Gasteiger partial charge in [0, 0.05) is 30.7 Å². The molecule has 0 aromatic rings. The number of nitrogens with two attached hydrogens (primary N) is 1. The molecule has 2 unspecified atom stereocenters. The highest BCUT2D eigenvalue weighted by Crippen LogP contribution is 2.34. The molecule has 0 bridgehead atoms. The fourth-order valence-electron chi connectivity index (χ4n) is 3.43. The van der Waals surface area contributed by atoms with Gasteiger partial charge in [0.2, 0.25) is 0 Å². The van der Waals surface area contributed by atoms with Crippen LogP contribution in [0.4, 0.5) is 0 Å². The number of fused-ring (bicyclic) bond motifs is 1. The lowest BCUT2D eigenvalue weighted by Gasteiger charge is -2.42. The molecule has 2 fully saturated rings. The standard InChI is InChI=1S/C12H25N3/c1-10(2)14-12(9-13)6-8-15-7-4-3-5-11(12)15/h10-11,14H,3-9,13H2,1-2H3. The van der Waals surface area contributed by atoms with E-state index in [4.69, 9.17) is 5.73 Å². The molecule has 3 nitrogen and oxygen atoms in total. The van der Waals surface area contributed by atoms with E-state index in [2.05, 4.69) is 24.1 Å². The molecule has 2 heterocycles. The highest BCUT2D eigenvalue weighted by molar-refractivity contribution is 5.07. The third-order valence-electron chi connectivity index (χ3n) is 4.04. The van der Waals surface area contributed by atoms with Crippen LogP contribution in [0.2, 0.25) is 0 Å². The largest absolute Gasteiger partial charge is 0.329 e. The molecule has 0 aromatic carbocycles. The van der Waals surface area contributed by atoms with Gasteiger partial charge >= 0.3 is 0 Å². The summed E-state index contributed by atoms with van der Waals surface area (Å²) in [6.07, 6.45) is 5.31. The molecule has 3 N–H and O–H groups in total. The minimum Gasteiger partial charge on any atom is -0.329 e. The van der Waals surface area contributed by atoms with Gasteiger partial charge in [-0.15, -0.1) is 0 Å². The van der Waals surface area contributed by atoms with Gasteiger partial charge in [-0.25, -0.2) is 0 Å². The van der Waals surface area contributed by atoms with Crippen LogP contribution in [0.1, 0.15) is 39.5 Å². The van der Waals surface area contributed by atoms with E-state index in [9.17, 15) is 0 Å². The number of hydrogen-bond acceptors (Lipinski definition) is 3. The Morgan fingerprint density at radius 3 is 2.87 bits per heavy atom. The van der Waals surface area contributed by atoms with Gasteiger partial charge in [-0.1, -0.05) is 20.3 Å². The van der Waals surface area contributed by atoms with Gasteiger partial charge < -0.3 is 11.1 Å². The molecule has 2 aliphatic heterocycles. The van der Waals surface area contributed by atoms with Crippen molar-refractivity contribution >= 4 is 0 Å². The average Bonchev–Trinajstić information content (AvgIpc) is 2.58. The predicted molar refractivity (Wildman–Crippen MR) is 63.9 cm³/mol. The Bertz CT molecular complexity index is 217. The van der Waals surface area contributed by atoms with E-state index in [0.29, 0.717) is 12.1 Å². The molecule has 88 valence electrons. The molecule has 0 aromatic heterocycles. The van der Waals surface area contributed by atoms with Gasteiger partial charge in [-0.2, -0.15) is 0 Å². The van der Waals surface area contributed by atoms with Gasteiger partial charge in [0.25, 0.3) is 0 Å². The normalized spacial score (nSPS) is 37.2. The molecule has 0 aliphatic carbocycles. The van der Waals surface area contributed by atoms with Gasteiger partial charge in [-0.3, -0.25) is 4.90 Å². The SMILES string of the molecule is CC(C)NC1(CN)CCN2CCCCC21. The van der Waals surface area contributed by atoms with Crippen molar-refractivity contribution in [1.82, 2.24) is 10.2 Å². The summed E-state index contributed by atoms with van der Waals surface area (Å²) in [7, 11) is 0. The summed E-state index contributed by atoms with van der Waals surface area (Å²) in [6, 6.07) is 1.23. The quantitative estimate of drug-likeness (QED) is 0.730. The fraction of sp³-hybridized carbons (Fsp3) is 1.00. The summed E-state index contributed by atoms with van der Waals surface area (Å²) in [4.78, 5) is 2.64. The van der Waals surface area contributed by atoms with Crippen molar-refractivity contribution in [3.05, 3.63) is 0 Å². The number of nitrogens with zero attached hydrogens (tertiary/aromatic N) is 1. The predicted octanol–water partition coefficient (Wildman–Crippen LogP) is 0.940. The molecule has 2 rings (SSSR count). The van der Waals surface area contributed by atoms with Gasteiger partial charge in [-0.05, 0) is 25.8 Å². The Morgan fingerprint density at radius 1 is 1.40 bits per heavy atom. The smallest absolute Gasteiger partial charge is 0.0475 e. The number of nitrogens with one attached hydrogen (secondary N) is 1. The van der Waals surface area contributed by atoms with E-state index in [1.165, 1.54) is 38.8 Å². The molecule has 0 saturated carbocycles. The zero-order chi connectivity index (χ0) is 10.9. The van der Waals surface area contributed by atoms with E-state index >= 15 is 0 Å². The number of piperidine rings is 1.